The Morgan fingerprint density at radius 1 is 1.17 bits per heavy atom. The van der Waals surface area contributed by atoms with Crippen molar-refractivity contribution in [3.8, 4) is 0 Å². The van der Waals surface area contributed by atoms with E-state index in [0.717, 1.165) is 9.79 Å². The molecule has 0 spiro atoms. The Labute approximate surface area is 110 Å². The van der Waals surface area contributed by atoms with Crippen molar-refractivity contribution < 1.29 is 9.90 Å². The standard InChI is InChI=1S/C14H13NO2S/c1-9-3-2-4-10(7-9)18-11-5-6-13(15)12(8-11)14(16)17/h2-8H,15H2,1H3,(H,16,17). The zero-order chi connectivity index (χ0) is 13.1. The summed E-state index contributed by atoms with van der Waals surface area (Å²) in [6, 6.07) is 13.1. The molecule has 0 saturated heterocycles. The SMILES string of the molecule is Cc1cccc(Sc2ccc(N)c(C(=O)O)c2)c1. The van der Waals surface area contributed by atoms with Gasteiger partial charge in [-0.05, 0) is 37.3 Å². The number of hydrogen-bond donors (Lipinski definition) is 2. The number of hydrogen-bond acceptors (Lipinski definition) is 3. The van der Waals surface area contributed by atoms with Gasteiger partial charge >= 0.3 is 5.97 Å². The highest BCUT2D eigenvalue weighted by atomic mass is 32.2. The van der Waals surface area contributed by atoms with Crippen LogP contribution in [0.1, 0.15) is 15.9 Å². The second-order valence-corrected chi connectivity index (χ2v) is 5.12. The Kier molecular flexibility index (Phi) is 3.58. The summed E-state index contributed by atoms with van der Waals surface area (Å²) in [5, 5.41) is 9.01. The minimum Gasteiger partial charge on any atom is -0.478 e. The molecule has 3 nitrogen and oxygen atoms in total. The molecule has 0 aromatic heterocycles. The maximum atomic E-state index is 11.0. The Bertz CT molecular complexity index is 596. The first-order chi connectivity index (χ1) is 8.56. The average molecular weight is 259 g/mol. The van der Waals surface area contributed by atoms with Crippen molar-refractivity contribution in [3.63, 3.8) is 0 Å². The third-order valence-corrected chi connectivity index (χ3v) is 3.46. The van der Waals surface area contributed by atoms with E-state index in [-0.39, 0.29) is 11.3 Å². The van der Waals surface area contributed by atoms with Crippen molar-refractivity contribution in [2.24, 2.45) is 0 Å². The van der Waals surface area contributed by atoms with Crippen molar-refractivity contribution in [2.45, 2.75) is 16.7 Å². The predicted molar refractivity (Wildman–Crippen MR) is 73.1 cm³/mol. The van der Waals surface area contributed by atoms with Gasteiger partial charge in [0.25, 0.3) is 0 Å². The van der Waals surface area contributed by atoms with Crippen molar-refractivity contribution in [1.82, 2.24) is 0 Å². The molecule has 0 fully saturated rings. The van der Waals surface area contributed by atoms with Gasteiger partial charge in [0, 0.05) is 15.5 Å². The van der Waals surface area contributed by atoms with Gasteiger partial charge in [0.1, 0.15) is 0 Å². The molecule has 18 heavy (non-hydrogen) atoms. The molecule has 0 bridgehead atoms. The third-order valence-electron chi connectivity index (χ3n) is 2.48. The van der Waals surface area contributed by atoms with E-state index in [2.05, 4.69) is 6.07 Å². The Balaban J connectivity index is 2.30. The van der Waals surface area contributed by atoms with Crippen LogP contribution in [0.3, 0.4) is 0 Å². The highest BCUT2D eigenvalue weighted by Crippen LogP contribution is 2.30. The lowest BCUT2D eigenvalue weighted by Gasteiger charge is -2.06. The van der Waals surface area contributed by atoms with Crippen molar-refractivity contribution in [3.05, 3.63) is 53.6 Å². The zero-order valence-corrected chi connectivity index (χ0v) is 10.7. The number of rotatable bonds is 3. The summed E-state index contributed by atoms with van der Waals surface area (Å²) < 4.78 is 0. The van der Waals surface area contributed by atoms with Crippen LogP contribution in [0.2, 0.25) is 0 Å². The largest absolute Gasteiger partial charge is 0.478 e. The number of anilines is 1. The van der Waals surface area contributed by atoms with Crippen LogP contribution >= 0.6 is 11.8 Å². The van der Waals surface area contributed by atoms with Gasteiger partial charge < -0.3 is 10.8 Å². The van der Waals surface area contributed by atoms with Crippen LogP contribution in [0.5, 0.6) is 0 Å². The van der Waals surface area contributed by atoms with Gasteiger partial charge in [-0.15, -0.1) is 0 Å². The minimum atomic E-state index is -1.00. The number of nitrogen functional groups attached to an aromatic ring is 1. The van der Waals surface area contributed by atoms with Gasteiger partial charge in [-0.1, -0.05) is 29.5 Å². The summed E-state index contributed by atoms with van der Waals surface area (Å²) in [6.45, 7) is 2.02. The summed E-state index contributed by atoms with van der Waals surface area (Å²) in [5.41, 5.74) is 7.23. The molecule has 0 aliphatic carbocycles. The van der Waals surface area contributed by atoms with Gasteiger partial charge in [-0.25, -0.2) is 4.79 Å². The molecule has 0 atom stereocenters. The number of carboxylic acids is 1. The van der Waals surface area contributed by atoms with Gasteiger partial charge in [0.15, 0.2) is 0 Å². The molecule has 3 N–H and O–H groups in total. The maximum absolute atomic E-state index is 11.0. The molecule has 2 aromatic carbocycles. The van der Waals surface area contributed by atoms with Crippen LogP contribution in [-0.2, 0) is 0 Å². The van der Waals surface area contributed by atoms with E-state index in [0.29, 0.717) is 0 Å². The van der Waals surface area contributed by atoms with E-state index in [1.54, 1.807) is 12.1 Å². The highest BCUT2D eigenvalue weighted by molar-refractivity contribution is 7.99. The molecular weight excluding hydrogens is 246 g/mol. The molecule has 0 saturated carbocycles. The summed E-state index contributed by atoms with van der Waals surface area (Å²) in [7, 11) is 0. The Hall–Kier alpha value is -1.94. The summed E-state index contributed by atoms with van der Waals surface area (Å²) in [4.78, 5) is 12.9. The van der Waals surface area contributed by atoms with E-state index >= 15 is 0 Å². The first-order valence-electron chi connectivity index (χ1n) is 5.43. The van der Waals surface area contributed by atoms with Crippen molar-refractivity contribution in [1.29, 1.82) is 0 Å². The van der Waals surface area contributed by atoms with Crippen LogP contribution in [-0.4, -0.2) is 11.1 Å². The van der Waals surface area contributed by atoms with E-state index in [9.17, 15) is 4.79 Å². The lowest BCUT2D eigenvalue weighted by molar-refractivity contribution is 0.0698. The third kappa shape index (κ3) is 2.84. The molecule has 4 heteroatoms. The molecule has 0 aliphatic rings. The molecule has 0 aliphatic heterocycles. The second-order valence-electron chi connectivity index (χ2n) is 3.97. The molecular formula is C14H13NO2S. The molecule has 2 aromatic rings. The fraction of sp³-hybridized carbons (Fsp3) is 0.0714. The number of carbonyl (C=O) groups is 1. The summed E-state index contributed by atoms with van der Waals surface area (Å²) in [5.74, 6) is -1.00. The molecule has 0 heterocycles. The van der Waals surface area contributed by atoms with E-state index in [4.69, 9.17) is 10.8 Å². The fourth-order valence-corrected chi connectivity index (χ4v) is 2.58. The monoisotopic (exact) mass is 259 g/mol. The second kappa shape index (κ2) is 5.14. The molecule has 92 valence electrons. The molecule has 0 radical (unpaired) electrons. The predicted octanol–water partition coefficient (Wildman–Crippen LogP) is 3.43. The number of aromatic carboxylic acids is 1. The fourth-order valence-electron chi connectivity index (χ4n) is 1.60. The van der Waals surface area contributed by atoms with E-state index in [1.165, 1.54) is 17.3 Å². The Morgan fingerprint density at radius 3 is 2.56 bits per heavy atom. The van der Waals surface area contributed by atoms with Crippen molar-refractivity contribution >= 4 is 23.4 Å². The first-order valence-corrected chi connectivity index (χ1v) is 6.25. The number of benzene rings is 2. The zero-order valence-electron chi connectivity index (χ0n) is 9.88. The topological polar surface area (TPSA) is 63.3 Å². The lowest BCUT2D eigenvalue weighted by Crippen LogP contribution is -2.01. The van der Waals surface area contributed by atoms with Gasteiger partial charge in [-0.3, -0.25) is 0 Å². The maximum Gasteiger partial charge on any atom is 0.337 e. The van der Waals surface area contributed by atoms with Crippen LogP contribution in [0.25, 0.3) is 0 Å². The number of aryl methyl sites for hydroxylation is 1. The van der Waals surface area contributed by atoms with E-state index in [1.807, 2.05) is 31.2 Å². The van der Waals surface area contributed by atoms with E-state index < -0.39 is 5.97 Å². The lowest BCUT2D eigenvalue weighted by atomic mass is 10.2. The quantitative estimate of drug-likeness (QED) is 0.829. The van der Waals surface area contributed by atoms with Gasteiger partial charge in [0.05, 0.1) is 5.56 Å². The number of carboxylic acid groups (broad SMARTS) is 1. The molecule has 0 unspecified atom stereocenters. The smallest absolute Gasteiger partial charge is 0.337 e. The Morgan fingerprint density at radius 2 is 1.89 bits per heavy atom. The highest BCUT2D eigenvalue weighted by Gasteiger charge is 2.09. The molecule has 0 amide bonds. The first kappa shape index (κ1) is 12.5. The van der Waals surface area contributed by atoms with Crippen LogP contribution < -0.4 is 5.73 Å². The van der Waals surface area contributed by atoms with Crippen LogP contribution in [0.4, 0.5) is 5.69 Å². The van der Waals surface area contributed by atoms with Gasteiger partial charge in [-0.2, -0.15) is 0 Å². The average Bonchev–Trinajstić information content (AvgIpc) is 2.31. The summed E-state index contributed by atoms with van der Waals surface area (Å²) in [6.07, 6.45) is 0. The number of nitrogens with two attached hydrogens (primary N) is 1. The normalized spacial score (nSPS) is 10.3. The van der Waals surface area contributed by atoms with Gasteiger partial charge in [0.2, 0.25) is 0 Å². The van der Waals surface area contributed by atoms with Crippen LogP contribution in [0.15, 0.2) is 52.3 Å². The van der Waals surface area contributed by atoms with Crippen molar-refractivity contribution in [2.75, 3.05) is 5.73 Å². The van der Waals surface area contributed by atoms with Crippen LogP contribution in [0, 0.1) is 6.92 Å². The summed E-state index contributed by atoms with van der Waals surface area (Å²) >= 11 is 1.52. The molecule has 2 rings (SSSR count). The minimum absolute atomic E-state index is 0.146.